The largest absolute Gasteiger partial charge is 0.507 e. The molecule has 0 radical (unpaired) electrons. The Labute approximate surface area is 123 Å². The number of fused-ring (bicyclic) bond motifs is 1. The zero-order chi connectivity index (χ0) is 13.1. The van der Waals surface area contributed by atoms with Crippen LogP contribution in [0.2, 0.25) is 0 Å². The Bertz CT molecular complexity index is 753. The van der Waals surface area contributed by atoms with E-state index in [1.54, 1.807) is 12.1 Å². The maximum atomic E-state index is 9.69. The Morgan fingerprint density at radius 2 is 1.55 bits per heavy atom. The number of pyridine rings is 1. The van der Waals surface area contributed by atoms with Crippen molar-refractivity contribution < 1.29 is 5.11 Å². The van der Waals surface area contributed by atoms with Gasteiger partial charge in [0.05, 0.1) is 11.2 Å². The molecule has 0 aliphatic heterocycles. The van der Waals surface area contributed by atoms with Gasteiger partial charge in [0.25, 0.3) is 0 Å². The first-order chi connectivity index (χ1) is 9.33. The van der Waals surface area contributed by atoms with Crippen molar-refractivity contribution in [3.8, 4) is 5.75 Å². The minimum Gasteiger partial charge on any atom is -0.507 e. The Kier molecular flexibility index (Phi) is 4.38. The second-order valence-electron chi connectivity index (χ2n) is 4.32. The normalized spacial score (nSPS) is 10.6. The second-order valence-corrected chi connectivity index (χ2v) is 4.32. The van der Waals surface area contributed by atoms with Crippen molar-refractivity contribution in [3.05, 3.63) is 71.9 Å². The van der Waals surface area contributed by atoms with E-state index in [2.05, 4.69) is 4.98 Å². The van der Waals surface area contributed by atoms with Crippen molar-refractivity contribution in [2.24, 2.45) is 0 Å². The fraction of sp³-hybridized carbons (Fsp3) is 0. The van der Waals surface area contributed by atoms with Crippen LogP contribution in [-0.4, -0.2) is 10.1 Å². The maximum absolute atomic E-state index is 9.69. The predicted molar refractivity (Wildman–Crippen MR) is 86.0 cm³/mol. The number of aromatic hydroxyl groups is 1. The van der Waals surface area contributed by atoms with Gasteiger partial charge in [-0.2, -0.15) is 0 Å². The summed E-state index contributed by atoms with van der Waals surface area (Å²) in [4.78, 5) is 4.55. The molecule has 0 atom stereocenters. The Hall–Kier alpha value is -2.32. The number of hydrogen-bond acceptors (Lipinski definition) is 2. The average Bonchev–Trinajstić information content (AvgIpc) is 2.46. The van der Waals surface area contributed by atoms with Gasteiger partial charge in [-0.1, -0.05) is 42.5 Å². The smallest absolute Gasteiger partial charge is 0.122 e. The van der Waals surface area contributed by atoms with Crippen molar-refractivity contribution in [1.29, 1.82) is 0 Å². The average molecular weight is 284 g/mol. The third kappa shape index (κ3) is 2.98. The second kappa shape index (κ2) is 6.22. The SMILES string of the molecule is Cl.Oc1ccccc1/C=C\c1ccc2ccccc2n1. The van der Waals surface area contributed by atoms with E-state index in [0.29, 0.717) is 0 Å². The first-order valence-corrected chi connectivity index (χ1v) is 6.15. The summed E-state index contributed by atoms with van der Waals surface area (Å²) in [6.45, 7) is 0. The molecule has 3 heteroatoms. The fourth-order valence-corrected chi connectivity index (χ4v) is 1.98. The Morgan fingerprint density at radius 3 is 2.40 bits per heavy atom. The molecule has 2 aromatic carbocycles. The highest BCUT2D eigenvalue weighted by atomic mass is 35.5. The first kappa shape index (κ1) is 14.1. The van der Waals surface area contributed by atoms with Gasteiger partial charge in [0, 0.05) is 10.9 Å². The number of aromatic nitrogens is 1. The minimum atomic E-state index is 0. The van der Waals surface area contributed by atoms with E-state index in [1.807, 2.05) is 60.7 Å². The summed E-state index contributed by atoms with van der Waals surface area (Å²) in [6.07, 6.45) is 3.77. The van der Waals surface area contributed by atoms with E-state index in [0.717, 1.165) is 22.2 Å². The molecule has 1 heterocycles. The standard InChI is InChI=1S/C17H13NO.ClH/c19-17-8-4-2-6-14(17)10-12-15-11-9-13-5-1-3-7-16(13)18-15;/h1-12,19H;1H/b12-10-;. The predicted octanol–water partition coefficient (Wildman–Crippen LogP) is 4.53. The van der Waals surface area contributed by atoms with E-state index in [4.69, 9.17) is 0 Å². The molecule has 0 unspecified atom stereocenters. The zero-order valence-corrected chi connectivity index (χ0v) is 11.5. The van der Waals surface area contributed by atoms with Gasteiger partial charge in [-0.05, 0) is 30.4 Å². The molecule has 2 nitrogen and oxygen atoms in total. The van der Waals surface area contributed by atoms with Crippen LogP contribution in [0.4, 0.5) is 0 Å². The lowest BCUT2D eigenvalue weighted by molar-refractivity contribution is 0.474. The van der Waals surface area contributed by atoms with Crippen molar-refractivity contribution >= 4 is 35.5 Å². The van der Waals surface area contributed by atoms with Gasteiger partial charge in [-0.15, -0.1) is 12.4 Å². The molecule has 0 saturated carbocycles. The van der Waals surface area contributed by atoms with Crippen LogP contribution in [0, 0.1) is 0 Å². The number of para-hydroxylation sites is 2. The molecule has 1 aromatic heterocycles. The first-order valence-electron chi connectivity index (χ1n) is 6.15. The molecule has 3 rings (SSSR count). The van der Waals surface area contributed by atoms with E-state index < -0.39 is 0 Å². The number of hydrogen-bond donors (Lipinski definition) is 1. The third-order valence-corrected chi connectivity index (χ3v) is 2.99. The molecule has 0 saturated heterocycles. The summed E-state index contributed by atoms with van der Waals surface area (Å²) in [5, 5.41) is 10.8. The number of halogens is 1. The van der Waals surface area contributed by atoms with Gasteiger partial charge >= 0.3 is 0 Å². The molecule has 3 aromatic rings. The lowest BCUT2D eigenvalue weighted by Crippen LogP contribution is -1.82. The van der Waals surface area contributed by atoms with E-state index in [9.17, 15) is 5.11 Å². The topological polar surface area (TPSA) is 33.1 Å². The van der Waals surface area contributed by atoms with Gasteiger partial charge in [-0.3, -0.25) is 0 Å². The zero-order valence-electron chi connectivity index (χ0n) is 10.7. The highest BCUT2D eigenvalue weighted by molar-refractivity contribution is 5.85. The minimum absolute atomic E-state index is 0. The molecular weight excluding hydrogens is 270 g/mol. The van der Waals surface area contributed by atoms with Crippen LogP contribution in [0.5, 0.6) is 5.75 Å². The van der Waals surface area contributed by atoms with Crippen molar-refractivity contribution in [1.82, 2.24) is 4.98 Å². The fourth-order valence-electron chi connectivity index (χ4n) is 1.98. The number of phenols is 1. The lowest BCUT2D eigenvalue weighted by Gasteiger charge is -1.99. The quantitative estimate of drug-likeness (QED) is 0.749. The third-order valence-electron chi connectivity index (χ3n) is 2.99. The molecular formula is C17H14ClNO. The number of nitrogens with zero attached hydrogens (tertiary/aromatic N) is 1. The van der Waals surface area contributed by atoms with Crippen LogP contribution in [0.3, 0.4) is 0 Å². The van der Waals surface area contributed by atoms with Crippen LogP contribution in [0.25, 0.3) is 23.1 Å². The molecule has 1 N–H and O–H groups in total. The lowest BCUT2D eigenvalue weighted by atomic mass is 10.1. The van der Waals surface area contributed by atoms with Gasteiger partial charge in [0.1, 0.15) is 5.75 Å². The molecule has 0 spiro atoms. The van der Waals surface area contributed by atoms with E-state index >= 15 is 0 Å². The van der Waals surface area contributed by atoms with E-state index in [-0.39, 0.29) is 18.2 Å². The molecule has 0 bridgehead atoms. The summed E-state index contributed by atoms with van der Waals surface area (Å²) in [5.74, 6) is 0.277. The summed E-state index contributed by atoms with van der Waals surface area (Å²) >= 11 is 0. The van der Waals surface area contributed by atoms with Gasteiger partial charge in [0.15, 0.2) is 0 Å². The van der Waals surface area contributed by atoms with Crippen molar-refractivity contribution in [2.75, 3.05) is 0 Å². The Morgan fingerprint density at radius 1 is 0.800 bits per heavy atom. The van der Waals surface area contributed by atoms with Crippen LogP contribution in [0.1, 0.15) is 11.3 Å². The highest BCUT2D eigenvalue weighted by Gasteiger charge is 1.96. The van der Waals surface area contributed by atoms with Crippen LogP contribution < -0.4 is 0 Å². The molecule has 0 amide bonds. The van der Waals surface area contributed by atoms with Gasteiger partial charge in [-0.25, -0.2) is 4.98 Å². The van der Waals surface area contributed by atoms with Gasteiger partial charge in [0.2, 0.25) is 0 Å². The number of benzene rings is 2. The van der Waals surface area contributed by atoms with Crippen LogP contribution >= 0.6 is 12.4 Å². The molecule has 100 valence electrons. The maximum Gasteiger partial charge on any atom is 0.122 e. The van der Waals surface area contributed by atoms with Crippen LogP contribution in [-0.2, 0) is 0 Å². The summed E-state index contributed by atoms with van der Waals surface area (Å²) in [7, 11) is 0. The van der Waals surface area contributed by atoms with Crippen LogP contribution in [0.15, 0.2) is 60.7 Å². The number of rotatable bonds is 2. The summed E-state index contributed by atoms with van der Waals surface area (Å²) in [6, 6.07) is 19.3. The van der Waals surface area contributed by atoms with Crippen molar-refractivity contribution in [2.45, 2.75) is 0 Å². The molecule has 20 heavy (non-hydrogen) atoms. The van der Waals surface area contributed by atoms with Gasteiger partial charge < -0.3 is 5.11 Å². The summed E-state index contributed by atoms with van der Waals surface area (Å²) < 4.78 is 0. The molecule has 0 fully saturated rings. The monoisotopic (exact) mass is 283 g/mol. The van der Waals surface area contributed by atoms with Crippen molar-refractivity contribution in [3.63, 3.8) is 0 Å². The Balaban J connectivity index is 0.00000147. The molecule has 0 aliphatic carbocycles. The van der Waals surface area contributed by atoms with E-state index in [1.165, 1.54) is 0 Å². The highest BCUT2D eigenvalue weighted by Crippen LogP contribution is 2.19. The number of phenolic OH excluding ortho intramolecular Hbond substituents is 1. The molecule has 0 aliphatic rings. The summed E-state index contributed by atoms with van der Waals surface area (Å²) in [5.41, 5.74) is 2.64.